The number of epoxide rings is 2. The van der Waals surface area contributed by atoms with Gasteiger partial charge in [0.05, 0.1) is 79.7 Å². The maximum absolute atomic E-state index is 14.3. The van der Waals surface area contributed by atoms with Crippen LogP contribution < -0.4 is 43.6 Å². The van der Waals surface area contributed by atoms with Crippen molar-refractivity contribution >= 4 is 139 Å². The van der Waals surface area contributed by atoms with Gasteiger partial charge in [-0.3, -0.25) is 67.9 Å². The van der Waals surface area contributed by atoms with E-state index in [4.69, 9.17) is 54.5 Å². The molecule has 1 aromatic carbocycles. The fourth-order valence-electron chi connectivity index (χ4n) is 14.2. The number of fused-ring (bicyclic) bond motifs is 5. The number of allylic oxidation sites excluding steroid dienone is 4. The Bertz CT molecular complexity index is 4790. The van der Waals surface area contributed by atoms with E-state index in [2.05, 4.69) is 51.5 Å². The van der Waals surface area contributed by atoms with Crippen molar-refractivity contribution in [3.05, 3.63) is 111 Å². The molecule has 2 bridgehead atoms. The monoisotopic (exact) mass is 1770 g/mol. The number of nitrogens with zero attached hydrogens (tertiary/aromatic N) is 4. The number of carbonyl (C=O) groups excluding carboxylic acids is 9. The highest BCUT2D eigenvalue weighted by molar-refractivity contribution is 8.76. The first-order chi connectivity index (χ1) is 58.7. The van der Waals surface area contributed by atoms with Crippen LogP contribution in [0, 0.1) is 47.8 Å². The van der Waals surface area contributed by atoms with Crippen LogP contribution >= 0.6 is 21.6 Å². The van der Waals surface area contributed by atoms with Gasteiger partial charge in [0.1, 0.15) is 60.4 Å². The Labute approximate surface area is 717 Å². The van der Waals surface area contributed by atoms with E-state index in [1.807, 2.05) is 58.1 Å². The molecule has 3 saturated heterocycles. The number of aryl methyl sites for hydroxylation is 1. The number of cyclic esters (lactones) is 1. The number of amides is 3. The molecule has 7 heterocycles. The molecule has 1 unspecified atom stereocenters. The van der Waals surface area contributed by atoms with Crippen molar-refractivity contribution in [2.24, 2.45) is 41.2 Å². The largest absolute Gasteiger partial charge is 0.508 e. The number of methoxy groups -OCH3 is 1. The number of nitrogens with two attached hydrogens (primary N) is 2. The third-order valence-electron chi connectivity index (χ3n) is 21.1. The first-order valence-corrected chi connectivity index (χ1v) is 42.3. The van der Waals surface area contributed by atoms with E-state index >= 15 is 0 Å². The van der Waals surface area contributed by atoms with Crippen LogP contribution in [0.4, 0.5) is 16.4 Å². The number of aromatic amines is 1. The number of benzene rings is 1. The summed E-state index contributed by atoms with van der Waals surface area (Å²) in [6.07, 6.45) is 0.531. The molecule has 3 fully saturated rings. The maximum atomic E-state index is 14.3. The lowest BCUT2D eigenvalue weighted by molar-refractivity contribution is -0.159. The number of hydrogen-bond acceptors (Lipinski definition) is 32. The summed E-state index contributed by atoms with van der Waals surface area (Å²) in [6.45, 7) is 10.5. The van der Waals surface area contributed by atoms with Gasteiger partial charge in [0.25, 0.3) is 11.5 Å². The summed E-state index contributed by atoms with van der Waals surface area (Å²) in [6, 6.07) is 0.281. The second-order valence-electron chi connectivity index (χ2n) is 30.8. The highest BCUT2D eigenvalue weighted by Crippen LogP contribution is 2.46. The van der Waals surface area contributed by atoms with Crippen molar-refractivity contribution in [2.75, 3.05) is 42.8 Å². The molecular formula is C81H103N13O28S2. The fourth-order valence-corrected chi connectivity index (χ4v) is 16.3. The number of ether oxygens (including phenoxy) is 7. The highest BCUT2D eigenvalue weighted by atomic mass is 33.1. The Morgan fingerprint density at radius 1 is 0.790 bits per heavy atom. The second-order valence-corrected chi connectivity index (χ2v) is 33.5. The van der Waals surface area contributed by atoms with Gasteiger partial charge in [0.2, 0.25) is 17.8 Å². The normalized spacial score (nSPS) is 22.3. The van der Waals surface area contributed by atoms with Crippen molar-refractivity contribution in [3.63, 3.8) is 0 Å². The van der Waals surface area contributed by atoms with E-state index in [9.17, 15) is 97.5 Å². The number of carboxylic acid groups (broad SMARTS) is 5. The quantitative estimate of drug-likeness (QED) is 0.00320. The van der Waals surface area contributed by atoms with Crippen LogP contribution in [0.25, 0.3) is 17.2 Å². The van der Waals surface area contributed by atoms with Gasteiger partial charge in [-0.2, -0.15) is 4.98 Å². The van der Waals surface area contributed by atoms with Gasteiger partial charge >= 0.3 is 47.9 Å². The number of oxazole rings is 1. The molecule has 0 aliphatic carbocycles. The minimum atomic E-state index is -2.01. The minimum Gasteiger partial charge on any atom is -0.481 e. The van der Waals surface area contributed by atoms with Gasteiger partial charge in [0, 0.05) is 93.7 Å². The third-order valence-corrected chi connectivity index (χ3v) is 23.5. The standard InChI is InChI=1S/C81H103N13O28S2/c1-39(24-50-37-117-43(5)88-50)10-8-11-41(3)68(115-7)42(4)59-34-62(81(6)61(122-81)20-13-40(2)58-25-44(27-66(104)118-58)26-60-69(119-60)77(113)120-59)121-80(114)116-22-23-123-124-38-48(75(109)110)30-57(97)55(33-65(102)103)92-73(107)47(32-64(100)101)29-56(96)53(12-9-21-85-78(82)83)90-72(106)46(31-63(98)99)28-52(95)18-19-54(76(111)112)91-71(105)45-14-16-49(17-15-45)86-35-51-36-87-70-67(89-51)74(108)94-79(84)93-70/h8,10-11,13-17,20,24,36-37,40,42,44,46-48,53-55,58-62,68-69,86H,9,12,18-19,21-23,25-35,38H2,1-7H3,(H,90,106)(H,91,105)(H,92,107)(H,98,99)(H,100,101)(H,102,103)(H,109,110)(H,111,112)(H4,82,83,85)(H3,84,87,93,94,108)/b10-8+,20-13+,39-24+,41-11+/t40-,42+,44+,46?,47+,48+,53+,54+,55+,58-,59+,60+,61-,62+,68+,69-,81+/m1/s1. The summed E-state index contributed by atoms with van der Waals surface area (Å²) in [5, 5.41) is 70.0. The Balaban J connectivity index is 0.860. The summed E-state index contributed by atoms with van der Waals surface area (Å²) in [7, 11) is 3.44. The molecule has 4 aliphatic heterocycles. The van der Waals surface area contributed by atoms with Gasteiger partial charge in [-0.05, 0) is 100 Å². The van der Waals surface area contributed by atoms with Gasteiger partial charge in [-0.15, -0.1) is 0 Å². The zero-order valence-electron chi connectivity index (χ0n) is 69.0. The third kappa shape index (κ3) is 30.2. The number of hydrogen-bond donors (Lipinski definition) is 14. The predicted molar refractivity (Wildman–Crippen MR) is 442 cm³/mol. The zero-order valence-corrected chi connectivity index (χ0v) is 70.6. The van der Waals surface area contributed by atoms with Crippen LogP contribution in [0.2, 0.25) is 0 Å². The molecule has 3 aromatic heterocycles. The lowest BCUT2D eigenvalue weighted by Gasteiger charge is -2.33. The molecule has 124 heavy (non-hydrogen) atoms. The number of nitrogens with one attached hydrogen (secondary N) is 7. The van der Waals surface area contributed by atoms with Crippen molar-refractivity contribution in [1.29, 1.82) is 5.41 Å². The van der Waals surface area contributed by atoms with Crippen LogP contribution in [0.15, 0.2) is 87.5 Å². The second kappa shape index (κ2) is 46.0. The Kier molecular flexibility index (Phi) is 36.1. The molecule has 17 atom stereocenters. The summed E-state index contributed by atoms with van der Waals surface area (Å²) >= 11 is 0. The average molecular weight is 1770 g/mol. The van der Waals surface area contributed by atoms with E-state index in [0.29, 0.717) is 35.8 Å². The van der Waals surface area contributed by atoms with Gasteiger partial charge < -0.3 is 101 Å². The highest BCUT2D eigenvalue weighted by Gasteiger charge is 2.60. The summed E-state index contributed by atoms with van der Waals surface area (Å²) in [5.74, 6) is -22.3. The van der Waals surface area contributed by atoms with Crippen molar-refractivity contribution in [1.82, 2.24) is 46.2 Å². The maximum Gasteiger partial charge on any atom is 0.508 e. The lowest BCUT2D eigenvalue weighted by atomic mass is 9.84. The zero-order chi connectivity index (χ0) is 90.8. The topological polar surface area (TPSA) is 645 Å². The van der Waals surface area contributed by atoms with Crippen LogP contribution in [-0.4, -0.2) is 238 Å². The Morgan fingerprint density at radius 3 is 2.11 bits per heavy atom. The van der Waals surface area contributed by atoms with Gasteiger partial charge in [-0.25, -0.2) is 29.3 Å². The number of guanidine groups is 1. The number of esters is 2. The summed E-state index contributed by atoms with van der Waals surface area (Å²) < 4.78 is 47.3. The number of H-pyrrole nitrogens is 1. The first-order valence-electron chi connectivity index (χ1n) is 39.8. The molecule has 4 aliphatic rings. The van der Waals surface area contributed by atoms with E-state index < -0.39 is 230 Å². The number of ketones is 3. The number of carboxylic acids is 5. The molecular weight excluding hydrogens is 1670 g/mol. The van der Waals surface area contributed by atoms with Crippen molar-refractivity contribution in [2.45, 2.75) is 204 Å². The SMILES string of the molecule is CO[C@@H](/C(C)=C/C=C/C(C)=C/c1coc(C)n1)[C@@H](C)[C@@H]1C[C@H](OC(=O)OCCSSC[C@H](CC(=O)[C@H](CC(=O)O)NC(=O)[C@H](CC(=O)O)CC(=O)[C@H](CCCNC(=N)N)NC(=O)C(CC(=O)O)CC(=O)CC[C@H](NC(=O)c2ccc(NCc3cnc4nc(N)[nH]c(=O)c4n3)cc2)C(=O)O)C(=O)O)[C@@]2(C)O[C@@H]2/C=C/[C@@H](C)[C@H]2C[C@H](CC(=O)O2)C[C@@H]2O[C@H]2C(=O)O1. The molecule has 41 nitrogen and oxygen atoms in total. The molecule has 0 radical (unpaired) electrons. The Morgan fingerprint density at radius 2 is 1.46 bits per heavy atom. The van der Waals surface area contributed by atoms with Gasteiger partial charge in [-0.1, -0.05) is 65.8 Å². The van der Waals surface area contributed by atoms with E-state index in [0.717, 1.165) is 32.7 Å². The van der Waals surface area contributed by atoms with Crippen LogP contribution in [0.3, 0.4) is 0 Å². The van der Waals surface area contributed by atoms with E-state index in [1.165, 1.54) is 43.8 Å². The molecule has 16 N–H and O–H groups in total. The average Bonchev–Trinajstić information content (AvgIpc) is 1.59. The number of carbonyl (C=O) groups is 14. The lowest BCUT2D eigenvalue weighted by Crippen LogP contribution is -2.48. The van der Waals surface area contributed by atoms with Crippen LogP contribution in [0.1, 0.15) is 152 Å². The summed E-state index contributed by atoms with van der Waals surface area (Å²) in [5.41, 5.74) is 12.2. The Hall–Kier alpha value is -12.0. The molecule has 4 aromatic rings. The number of nitrogen functional groups attached to an aromatic ring is 1. The number of Topliss-reactive ketones (excluding diaryl/α,β-unsaturated/α-hetero) is 3. The molecule has 0 spiro atoms. The van der Waals surface area contributed by atoms with Crippen molar-refractivity contribution in [3.8, 4) is 0 Å². The van der Waals surface area contributed by atoms with Crippen molar-refractivity contribution < 1.29 is 130 Å². The van der Waals surface area contributed by atoms with Gasteiger partial charge in [0.15, 0.2) is 40.7 Å². The first kappa shape index (κ1) is 97.5. The summed E-state index contributed by atoms with van der Waals surface area (Å²) in [4.78, 5) is 217. The van der Waals surface area contributed by atoms with Crippen LogP contribution in [0.5, 0.6) is 0 Å². The number of rotatable bonds is 46. The molecule has 0 saturated carbocycles. The molecule has 672 valence electrons. The number of aliphatic carboxylic acids is 5. The van der Waals surface area contributed by atoms with E-state index in [-0.39, 0.29) is 97.4 Å². The smallest absolute Gasteiger partial charge is 0.481 e. The van der Waals surface area contributed by atoms with Crippen LogP contribution in [-0.2, 0) is 97.2 Å². The van der Waals surface area contributed by atoms with E-state index in [1.54, 1.807) is 19.9 Å². The minimum absolute atomic E-state index is 0.000861. The fraction of sp³-hybridized carbons (Fsp3) is 0.531. The molecule has 8 rings (SSSR count). The molecule has 43 heteroatoms. The number of anilines is 2. The molecule has 3 amide bonds. The number of aromatic nitrogens is 5. The predicted octanol–water partition coefficient (Wildman–Crippen LogP) is 4.94.